The van der Waals surface area contributed by atoms with Crippen LogP contribution >= 0.6 is 0 Å². The Labute approximate surface area is 83.7 Å². The van der Waals surface area contributed by atoms with Crippen LogP contribution in [-0.4, -0.2) is 11.6 Å². The summed E-state index contributed by atoms with van der Waals surface area (Å²) in [4.78, 5) is 10.9. The third kappa shape index (κ3) is 3.06. The van der Waals surface area contributed by atoms with E-state index in [1.165, 1.54) is 6.08 Å². The summed E-state index contributed by atoms with van der Waals surface area (Å²) in [6.45, 7) is 1.93. The molecule has 1 fully saturated rings. The van der Waals surface area contributed by atoms with Crippen LogP contribution in [0, 0.1) is 11.3 Å². The number of esters is 1. The van der Waals surface area contributed by atoms with E-state index in [1.807, 2.05) is 19.1 Å². The summed E-state index contributed by atoms with van der Waals surface area (Å²) >= 11 is 0. The second-order valence-electron chi connectivity index (χ2n) is 3.54. The number of carbonyl (C=O) groups excluding carboxylic acids is 1. The Morgan fingerprint density at radius 3 is 3.00 bits per heavy atom. The van der Waals surface area contributed by atoms with Gasteiger partial charge in [0.1, 0.15) is 5.60 Å². The first-order valence-electron chi connectivity index (χ1n) is 4.59. The number of rotatable bonds is 3. The standard InChI is InChI=1S/C11H13NO2/c1-11(8-6-10(13)14-11)7-4-2-3-5-9-12/h2-5H,6-8H2,1H3/b4-2+,5-3?. The van der Waals surface area contributed by atoms with Crippen molar-refractivity contribution in [2.24, 2.45) is 0 Å². The van der Waals surface area contributed by atoms with E-state index < -0.39 is 0 Å². The molecule has 0 aromatic carbocycles. The molecule has 0 aromatic heterocycles. The highest BCUT2D eigenvalue weighted by atomic mass is 16.6. The Balaban J connectivity index is 2.38. The summed E-state index contributed by atoms with van der Waals surface area (Å²) in [6, 6.07) is 1.90. The normalized spacial score (nSPS) is 27.0. The van der Waals surface area contributed by atoms with Crippen LogP contribution in [0.2, 0.25) is 0 Å². The molecule has 1 rings (SSSR count). The van der Waals surface area contributed by atoms with Crippen molar-refractivity contribution in [3.05, 3.63) is 24.3 Å². The molecular weight excluding hydrogens is 178 g/mol. The number of cyclic esters (lactones) is 1. The number of hydrogen-bond donors (Lipinski definition) is 0. The minimum Gasteiger partial charge on any atom is -0.459 e. The molecular formula is C11H13NO2. The lowest BCUT2D eigenvalue weighted by atomic mass is 9.98. The number of nitrogens with zero attached hydrogens (tertiary/aromatic N) is 1. The van der Waals surface area contributed by atoms with Crippen LogP contribution in [-0.2, 0) is 9.53 Å². The minimum absolute atomic E-state index is 0.117. The summed E-state index contributed by atoms with van der Waals surface area (Å²) in [7, 11) is 0. The second kappa shape index (κ2) is 4.61. The zero-order valence-electron chi connectivity index (χ0n) is 8.19. The van der Waals surface area contributed by atoms with E-state index in [9.17, 15) is 4.79 Å². The highest BCUT2D eigenvalue weighted by Gasteiger charge is 2.34. The van der Waals surface area contributed by atoms with Crippen LogP contribution in [0.3, 0.4) is 0 Å². The largest absolute Gasteiger partial charge is 0.459 e. The first-order valence-corrected chi connectivity index (χ1v) is 4.59. The van der Waals surface area contributed by atoms with Gasteiger partial charge in [-0.25, -0.2) is 0 Å². The van der Waals surface area contributed by atoms with Crippen molar-refractivity contribution >= 4 is 5.97 Å². The van der Waals surface area contributed by atoms with Crippen LogP contribution in [0.15, 0.2) is 24.3 Å². The maximum atomic E-state index is 10.9. The van der Waals surface area contributed by atoms with Gasteiger partial charge in [-0.2, -0.15) is 5.26 Å². The average molecular weight is 191 g/mol. The van der Waals surface area contributed by atoms with Gasteiger partial charge in [0.15, 0.2) is 0 Å². The highest BCUT2D eigenvalue weighted by molar-refractivity contribution is 5.72. The van der Waals surface area contributed by atoms with Crippen molar-refractivity contribution in [3.63, 3.8) is 0 Å². The molecule has 0 saturated carbocycles. The molecule has 0 spiro atoms. The van der Waals surface area contributed by atoms with Crippen molar-refractivity contribution in [3.8, 4) is 6.07 Å². The van der Waals surface area contributed by atoms with Gasteiger partial charge >= 0.3 is 5.97 Å². The molecule has 74 valence electrons. The predicted octanol–water partition coefficient (Wildman–Crippen LogP) is 2.11. The maximum absolute atomic E-state index is 10.9. The number of ether oxygens (including phenoxy) is 1. The molecule has 1 atom stereocenters. The summed E-state index contributed by atoms with van der Waals surface area (Å²) in [5, 5.41) is 8.22. The molecule has 0 N–H and O–H groups in total. The van der Waals surface area contributed by atoms with E-state index in [4.69, 9.17) is 10.00 Å². The van der Waals surface area contributed by atoms with Gasteiger partial charge in [0, 0.05) is 18.9 Å². The van der Waals surface area contributed by atoms with E-state index >= 15 is 0 Å². The third-order valence-corrected chi connectivity index (χ3v) is 2.19. The van der Waals surface area contributed by atoms with Gasteiger partial charge in [-0.05, 0) is 13.3 Å². The summed E-state index contributed by atoms with van der Waals surface area (Å²) in [5.74, 6) is -0.117. The maximum Gasteiger partial charge on any atom is 0.306 e. The van der Waals surface area contributed by atoms with Gasteiger partial charge < -0.3 is 4.74 Å². The molecule has 1 aliphatic heterocycles. The van der Waals surface area contributed by atoms with E-state index in [1.54, 1.807) is 12.2 Å². The van der Waals surface area contributed by atoms with E-state index in [0.717, 1.165) is 6.42 Å². The van der Waals surface area contributed by atoms with Gasteiger partial charge in [-0.3, -0.25) is 4.79 Å². The lowest BCUT2D eigenvalue weighted by Crippen LogP contribution is -2.22. The van der Waals surface area contributed by atoms with Crippen molar-refractivity contribution in [2.45, 2.75) is 31.8 Å². The molecule has 0 aliphatic carbocycles. The number of hydrogen-bond acceptors (Lipinski definition) is 3. The third-order valence-electron chi connectivity index (χ3n) is 2.19. The fourth-order valence-electron chi connectivity index (χ4n) is 1.38. The van der Waals surface area contributed by atoms with Crippen LogP contribution in [0.5, 0.6) is 0 Å². The monoisotopic (exact) mass is 191 g/mol. The molecule has 3 nitrogen and oxygen atoms in total. The Morgan fingerprint density at radius 2 is 2.43 bits per heavy atom. The predicted molar refractivity (Wildman–Crippen MR) is 52.2 cm³/mol. The van der Waals surface area contributed by atoms with Gasteiger partial charge in [0.05, 0.1) is 6.07 Å². The molecule has 0 bridgehead atoms. The van der Waals surface area contributed by atoms with Gasteiger partial charge in [0.25, 0.3) is 0 Å². The van der Waals surface area contributed by atoms with E-state index in [-0.39, 0.29) is 11.6 Å². The van der Waals surface area contributed by atoms with Crippen LogP contribution in [0.4, 0.5) is 0 Å². The molecule has 14 heavy (non-hydrogen) atoms. The average Bonchev–Trinajstić information content (AvgIpc) is 2.47. The summed E-state index contributed by atoms with van der Waals surface area (Å²) < 4.78 is 5.18. The Hall–Kier alpha value is -1.56. The van der Waals surface area contributed by atoms with Crippen molar-refractivity contribution < 1.29 is 9.53 Å². The molecule has 0 radical (unpaired) electrons. The molecule has 3 heteroatoms. The zero-order valence-corrected chi connectivity index (χ0v) is 8.19. The zero-order chi connectivity index (χ0) is 10.4. The summed E-state index contributed by atoms with van der Waals surface area (Å²) in [5.41, 5.74) is -0.339. The molecule has 0 amide bonds. The first kappa shape index (κ1) is 10.5. The fraction of sp³-hybridized carbons (Fsp3) is 0.455. The molecule has 1 saturated heterocycles. The Kier molecular flexibility index (Phi) is 3.47. The molecule has 0 aromatic rings. The highest BCUT2D eigenvalue weighted by Crippen LogP contribution is 2.29. The first-order chi connectivity index (χ1) is 6.66. The fourth-order valence-corrected chi connectivity index (χ4v) is 1.38. The number of carbonyl (C=O) groups is 1. The summed E-state index contributed by atoms with van der Waals surface area (Å²) in [6.07, 6.45) is 8.76. The minimum atomic E-state index is -0.339. The van der Waals surface area contributed by atoms with E-state index in [0.29, 0.717) is 12.8 Å². The lowest BCUT2D eigenvalue weighted by molar-refractivity contribution is -0.146. The Morgan fingerprint density at radius 1 is 1.64 bits per heavy atom. The van der Waals surface area contributed by atoms with Gasteiger partial charge in [0.2, 0.25) is 0 Å². The topological polar surface area (TPSA) is 50.1 Å². The smallest absolute Gasteiger partial charge is 0.306 e. The van der Waals surface area contributed by atoms with Crippen LogP contribution in [0.25, 0.3) is 0 Å². The number of allylic oxidation sites excluding steroid dienone is 3. The van der Waals surface area contributed by atoms with Gasteiger partial charge in [-0.1, -0.05) is 18.2 Å². The Bertz CT molecular complexity index is 312. The van der Waals surface area contributed by atoms with Crippen LogP contribution < -0.4 is 0 Å². The van der Waals surface area contributed by atoms with Crippen molar-refractivity contribution in [2.75, 3.05) is 0 Å². The SMILES string of the molecule is CC1(C/C=C/C=CC#N)CCC(=O)O1. The van der Waals surface area contributed by atoms with Gasteiger partial charge in [-0.15, -0.1) is 0 Å². The molecule has 1 aliphatic rings. The van der Waals surface area contributed by atoms with Crippen molar-refractivity contribution in [1.29, 1.82) is 5.26 Å². The number of nitriles is 1. The van der Waals surface area contributed by atoms with E-state index in [2.05, 4.69) is 0 Å². The quantitative estimate of drug-likeness (QED) is 0.390. The lowest BCUT2D eigenvalue weighted by Gasteiger charge is -2.19. The second-order valence-corrected chi connectivity index (χ2v) is 3.54. The molecule has 1 heterocycles. The molecule has 1 unspecified atom stereocenters. The van der Waals surface area contributed by atoms with Crippen LogP contribution in [0.1, 0.15) is 26.2 Å². The van der Waals surface area contributed by atoms with Crippen molar-refractivity contribution in [1.82, 2.24) is 0 Å².